The van der Waals surface area contributed by atoms with Crippen molar-refractivity contribution in [1.82, 2.24) is 20.2 Å². The molecule has 1 aliphatic carbocycles. The van der Waals surface area contributed by atoms with Gasteiger partial charge in [-0.2, -0.15) is 0 Å². The van der Waals surface area contributed by atoms with Crippen LogP contribution in [0, 0.1) is 0 Å². The van der Waals surface area contributed by atoms with Crippen molar-refractivity contribution >= 4 is 41.0 Å². The van der Waals surface area contributed by atoms with Gasteiger partial charge in [-0.3, -0.25) is 0 Å². The topological polar surface area (TPSA) is 63.5 Å². The number of aryl methyl sites for hydroxylation is 1. The van der Waals surface area contributed by atoms with E-state index in [0.717, 1.165) is 42.5 Å². The monoisotopic (exact) mass is 499 g/mol. The van der Waals surface area contributed by atoms with Crippen LogP contribution in [0.5, 0.6) is 0 Å². The number of fused-ring (bicyclic) bond motifs is 1. The first-order chi connectivity index (χ1) is 13.3. The van der Waals surface area contributed by atoms with Crippen LogP contribution in [0.1, 0.15) is 51.3 Å². The summed E-state index contributed by atoms with van der Waals surface area (Å²) in [5, 5.41) is 6.68. The second kappa shape index (κ2) is 12.3. The van der Waals surface area contributed by atoms with Gasteiger partial charge in [-0.15, -0.1) is 24.0 Å². The minimum atomic E-state index is 0. The maximum atomic E-state index is 6.05. The summed E-state index contributed by atoms with van der Waals surface area (Å²) in [6.45, 7) is 4.95. The molecule has 2 N–H and O–H groups in total. The lowest BCUT2D eigenvalue weighted by atomic mass is 10.1. The Morgan fingerprint density at radius 2 is 1.93 bits per heavy atom. The Labute approximate surface area is 185 Å². The van der Waals surface area contributed by atoms with Gasteiger partial charge >= 0.3 is 0 Å². The first kappa shape index (κ1) is 22.9. The molecule has 1 heterocycles. The highest BCUT2D eigenvalue weighted by Gasteiger charge is 2.12. The van der Waals surface area contributed by atoms with E-state index in [2.05, 4.69) is 33.2 Å². The predicted octanol–water partition coefficient (Wildman–Crippen LogP) is 3.99. The Hall–Kier alpha value is -1.35. The molecule has 6 nitrogen and oxygen atoms in total. The number of ether oxygens (including phenoxy) is 1. The van der Waals surface area contributed by atoms with E-state index in [0.29, 0.717) is 12.6 Å². The maximum absolute atomic E-state index is 6.05. The molecule has 1 aliphatic rings. The van der Waals surface area contributed by atoms with Crippen molar-refractivity contribution in [3.8, 4) is 0 Å². The number of guanidine groups is 1. The fraction of sp³-hybridized carbons (Fsp3) is 0.619. The molecule has 156 valence electrons. The zero-order chi connectivity index (χ0) is 18.9. The van der Waals surface area contributed by atoms with E-state index < -0.39 is 0 Å². The Bertz CT molecular complexity index is 737. The largest absolute Gasteiger partial charge is 0.376 e. The van der Waals surface area contributed by atoms with Crippen LogP contribution in [0.4, 0.5) is 0 Å². The van der Waals surface area contributed by atoms with Crippen molar-refractivity contribution in [1.29, 1.82) is 0 Å². The molecule has 3 rings (SSSR count). The minimum absolute atomic E-state index is 0. The number of hydrogen-bond acceptors (Lipinski definition) is 3. The summed E-state index contributed by atoms with van der Waals surface area (Å²) < 4.78 is 8.16. The van der Waals surface area contributed by atoms with E-state index >= 15 is 0 Å². The van der Waals surface area contributed by atoms with Crippen LogP contribution in [0.3, 0.4) is 0 Å². The molecular formula is C21H34IN5O. The van der Waals surface area contributed by atoms with Crippen LogP contribution in [-0.4, -0.2) is 41.3 Å². The summed E-state index contributed by atoms with van der Waals surface area (Å²) >= 11 is 0. The van der Waals surface area contributed by atoms with E-state index in [1.807, 2.05) is 25.2 Å². The van der Waals surface area contributed by atoms with Gasteiger partial charge in [0.15, 0.2) is 5.96 Å². The van der Waals surface area contributed by atoms with Gasteiger partial charge in [-0.05, 0) is 31.9 Å². The van der Waals surface area contributed by atoms with Gasteiger partial charge in [0.1, 0.15) is 12.4 Å². The third-order valence-electron chi connectivity index (χ3n) is 5.15. The fourth-order valence-corrected chi connectivity index (χ4v) is 3.63. The van der Waals surface area contributed by atoms with Crippen molar-refractivity contribution < 1.29 is 4.74 Å². The summed E-state index contributed by atoms with van der Waals surface area (Å²) in [6.07, 6.45) is 8.19. The zero-order valence-electron chi connectivity index (χ0n) is 17.1. The average Bonchev–Trinajstić information content (AvgIpc) is 2.85. The second-order valence-corrected chi connectivity index (χ2v) is 7.18. The maximum Gasteiger partial charge on any atom is 0.191 e. The Morgan fingerprint density at radius 1 is 1.18 bits per heavy atom. The molecule has 0 amide bonds. The molecule has 1 fully saturated rings. The zero-order valence-corrected chi connectivity index (χ0v) is 19.4. The highest BCUT2D eigenvalue weighted by Crippen LogP contribution is 2.19. The lowest BCUT2D eigenvalue weighted by Gasteiger charge is -2.16. The summed E-state index contributed by atoms with van der Waals surface area (Å²) in [5.41, 5.74) is 2.15. The first-order valence-corrected chi connectivity index (χ1v) is 10.3. The molecule has 0 spiro atoms. The standard InChI is InChI=1S/C21H33N5O.HI/c1-3-22-21(23-14-15-27-17-10-6-4-5-7-11-17)24-16-20-25-18-12-8-9-13-19(18)26(20)2;/h8-9,12-13,17H,3-7,10-11,14-16H2,1-2H3,(H2,22,23,24);1H. The van der Waals surface area contributed by atoms with Gasteiger partial charge in [-0.25, -0.2) is 9.98 Å². The third kappa shape index (κ3) is 6.62. The molecule has 0 bridgehead atoms. The number of rotatable bonds is 7. The highest BCUT2D eigenvalue weighted by molar-refractivity contribution is 14.0. The molecule has 2 aromatic rings. The van der Waals surface area contributed by atoms with E-state index in [-0.39, 0.29) is 24.0 Å². The van der Waals surface area contributed by atoms with Gasteiger partial charge in [0.25, 0.3) is 0 Å². The van der Waals surface area contributed by atoms with E-state index in [1.165, 1.54) is 38.5 Å². The van der Waals surface area contributed by atoms with Crippen molar-refractivity contribution in [2.75, 3.05) is 19.7 Å². The number of aliphatic imine (C=N–C) groups is 1. The number of halogens is 1. The van der Waals surface area contributed by atoms with Crippen molar-refractivity contribution in [2.24, 2.45) is 12.0 Å². The molecule has 1 saturated carbocycles. The summed E-state index contributed by atoms with van der Waals surface area (Å²) in [7, 11) is 2.04. The normalized spacial score (nSPS) is 15.9. The summed E-state index contributed by atoms with van der Waals surface area (Å²) in [4.78, 5) is 9.38. The van der Waals surface area contributed by atoms with Crippen LogP contribution < -0.4 is 10.6 Å². The highest BCUT2D eigenvalue weighted by atomic mass is 127. The molecule has 1 aromatic heterocycles. The molecule has 28 heavy (non-hydrogen) atoms. The van der Waals surface area contributed by atoms with Gasteiger partial charge in [0, 0.05) is 20.1 Å². The van der Waals surface area contributed by atoms with Gasteiger partial charge < -0.3 is 19.9 Å². The number of nitrogens with one attached hydrogen (secondary N) is 2. The quantitative estimate of drug-likeness (QED) is 0.199. The number of para-hydroxylation sites is 2. The third-order valence-corrected chi connectivity index (χ3v) is 5.15. The molecule has 0 radical (unpaired) electrons. The van der Waals surface area contributed by atoms with Gasteiger partial charge in [0.05, 0.1) is 23.7 Å². The molecule has 0 unspecified atom stereocenters. The van der Waals surface area contributed by atoms with Gasteiger partial charge in [0.2, 0.25) is 0 Å². The minimum Gasteiger partial charge on any atom is -0.376 e. The lowest BCUT2D eigenvalue weighted by molar-refractivity contribution is 0.0468. The van der Waals surface area contributed by atoms with Gasteiger partial charge in [-0.1, -0.05) is 37.8 Å². The summed E-state index contributed by atoms with van der Waals surface area (Å²) in [5.74, 6) is 1.78. The lowest BCUT2D eigenvalue weighted by Crippen LogP contribution is -2.39. The number of aromatic nitrogens is 2. The van der Waals surface area contributed by atoms with Crippen LogP contribution in [-0.2, 0) is 18.3 Å². The molecule has 0 aliphatic heterocycles. The number of nitrogens with zero attached hydrogens (tertiary/aromatic N) is 3. The molecule has 1 aromatic carbocycles. The molecule has 0 atom stereocenters. The number of imidazole rings is 1. The number of benzene rings is 1. The van der Waals surface area contributed by atoms with Crippen molar-refractivity contribution in [3.63, 3.8) is 0 Å². The Balaban J connectivity index is 0.00000280. The van der Waals surface area contributed by atoms with E-state index in [4.69, 9.17) is 9.73 Å². The van der Waals surface area contributed by atoms with Crippen molar-refractivity contribution in [3.05, 3.63) is 30.1 Å². The Kier molecular flexibility index (Phi) is 10.0. The van der Waals surface area contributed by atoms with Crippen LogP contribution >= 0.6 is 24.0 Å². The summed E-state index contributed by atoms with van der Waals surface area (Å²) in [6, 6.07) is 8.18. The first-order valence-electron chi connectivity index (χ1n) is 10.3. The smallest absolute Gasteiger partial charge is 0.191 e. The molecule has 0 saturated heterocycles. The average molecular weight is 499 g/mol. The molecule has 7 heteroatoms. The van der Waals surface area contributed by atoms with E-state index in [9.17, 15) is 0 Å². The molecular weight excluding hydrogens is 465 g/mol. The predicted molar refractivity (Wildman–Crippen MR) is 126 cm³/mol. The van der Waals surface area contributed by atoms with Crippen LogP contribution in [0.25, 0.3) is 11.0 Å². The van der Waals surface area contributed by atoms with Crippen molar-refractivity contribution in [2.45, 2.75) is 58.1 Å². The number of hydrogen-bond donors (Lipinski definition) is 2. The van der Waals surface area contributed by atoms with Crippen LogP contribution in [0.15, 0.2) is 29.3 Å². The van der Waals surface area contributed by atoms with Crippen LogP contribution in [0.2, 0.25) is 0 Å². The fourth-order valence-electron chi connectivity index (χ4n) is 3.63. The Morgan fingerprint density at radius 3 is 2.64 bits per heavy atom. The second-order valence-electron chi connectivity index (χ2n) is 7.18. The SMILES string of the molecule is CCNC(=NCc1nc2ccccc2n1C)NCCOC1CCCCCC1.I. The van der Waals surface area contributed by atoms with E-state index in [1.54, 1.807) is 0 Å².